The van der Waals surface area contributed by atoms with Crippen molar-refractivity contribution in [3.63, 3.8) is 0 Å². The minimum absolute atomic E-state index is 0.913. The van der Waals surface area contributed by atoms with Gasteiger partial charge in [0, 0.05) is 0 Å². The van der Waals surface area contributed by atoms with Gasteiger partial charge in [-0.05, 0) is 31.9 Å². The van der Waals surface area contributed by atoms with E-state index in [1.165, 1.54) is 0 Å². The predicted octanol–water partition coefficient (Wildman–Crippen LogP) is 3.62. The van der Waals surface area contributed by atoms with Gasteiger partial charge in [0.05, 0.1) is 12.9 Å². The highest BCUT2D eigenvalue weighted by Crippen LogP contribution is 2.20. The zero-order valence-electron chi connectivity index (χ0n) is 8.98. The second-order valence-corrected chi connectivity index (χ2v) is 2.98. The van der Waals surface area contributed by atoms with Crippen molar-refractivity contribution in [1.29, 1.82) is 0 Å². The Morgan fingerprint density at radius 1 is 1.23 bits per heavy atom. The monoisotopic (exact) mass is 178 g/mol. The van der Waals surface area contributed by atoms with Crippen LogP contribution in [0.5, 0.6) is 0 Å². The molecule has 0 aliphatic heterocycles. The van der Waals surface area contributed by atoms with Crippen molar-refractivity contribution in [3.8, 4) is 0 Å². The number of methoxy groups -OCH3 is 1. The van der Waals surface area contributed by atoms with Crippen molar-refractivity contribution in [2.75, 3.05) is 7.11 Å². The highest BCUT2D eigenvalue weighted by Gasteiger charge is 2.03. The summed E-state index contributed by atoms with van der Waals surface area (Å²) in [6, 6.07) is 0. The highest BCUT2D eigenvalue weighted by atomic mass is 16.5. The van der Waals surface area contributed by atoms with Crippen LogP contribution < -0.4 is 0 Å². The third kappa shape index (κ3) is 3.32. The Kier molecular flexibility index (Phi) is 4.90. The molecule has 0 radical (unpaired) electrons. The van der Waals surface area contributed by atoms with Gasteiger partial charge in [-0.1, -0.05) is 30.9 Å². The van der Waals surface area contributed by atoms with Crippen molar-refractivity contribution in [1.82, 2.24) is 0 Å². The largest absolute Gasteiger partial charge is 0.501 e. The molecule has 0 fully saturated rings. The van der Waals surface area contributed by atoms with E-state index in [0.717, 1.165) is 22.5 Å². The van der Waals surface area contributed by atoms with Crippen molar-refractivity contribution in [2.45, 2.75) is 20.8 Å². The maximum absolute atomic E-state index is 5.15. The second kappa shape index (κ2) is 5.41. The third-order valence-electron chi connectivity index (χ3n) is 1.98. The molecule has 0 aromatic carbocycles. The quantitative estimate of drug-likeness (QED) is 0.472. The smallest absolute Gasteiger partial charge is 0.0959 e. The maximum Gasteiger partial charge on any atom is 0.0959 e. The number of ether oxygens (including phenoxy) is 1. The minimum Gasteiger partial charge on any atom is -0.501 e. The molecule has 0 spiro atoms. The molecule has 0 rings (SSSR count). The third-order valence-corrected chi connectivity index (χ3v) is 1.98. The summed E-state index contributed by atoms with van der Waals surface area (Å²) in [6.07, 6.45) is 3.70. The Morgan fingerprint density at radius 2 is 1.77 bits per heavy atom. The number of hydrogen-bond acceptors (Lipinski definition) is 1. The molecule has 0 atom stereocenters. The van der Waals surface area contributed by atoms with Gasteiger partial charge < -0.3 is 4.74 Å². The van der Waals surface area contributed by atoms with Crippen LogP contribution in [0.3, 0.4) is 0 Å². The summed E-state index contributed by atoms with van der Waals surface area (Å²) < 4.78 is 5.15. The van der Waals surface area contributed by atoms with Gasteiger partial charge in [-0.2, -0.15) is 0 Å². The van der Waals surface area contributed by atoms with Crippen LogP contribution in [-0.2, 0) is 4.74 Å². The van der Waals surface area contributed by atoms with Crippen LogP contribution in [0.2, 0.25) is 0 Å². The molecule has 0 unspecified atom stereocenters. The molecule has 0 saturated heterocycles. The first kappa shape index (κ1) is 11.8. The van der Waals surface area contributed by atoms with Crippen molar-refractivity contribution >= 4 is 0 Å². The molecule has 0 N–H and O–H groups in total. The lowest BCUT2D eigenvalue weighted by atomic mass is 10.00. The van der Waals surface area contributed by atoms with Gasteiger partial charge in [-0.15, -0.1) is 0 Å². The SMILES string of the molecule is C=C/C=C(C(=C)C)/C(C)=C(\C)OC. The van der Waals surface area contributed by atoms with E-state index in [4.69, 9.17) is 4.74 Å². The van der Waals surface area contributed by atoms with Gasteiger partial charge in [-0.3, -0.25) is 0 Å². The van der Waals surface area contributed by atoms with Gasteiger partial charge in [0.2, 0.25) is 0 Å². The topological polar surface area (TPSA) is 9.23 Å². The Bertz CT molecular complexity index is 267. The Hall–Kier alpha value is -1.24. The predicted molar refractivity (Wildman–Crippen MR) is 58.5 cm³/mol. The van der Waals surface area contributed by atoms with Crippen LogP contribution >= 0.6 is 0 Å². The van der Waals surface area contributed by atoms with Gasteiger partial charge in [0.25, 0.3) is 0 Å². The summed E-state index contributed by atoms with van der Waals surface area (Å²) in [6.45, 7) is 13.5. The van der Waals surface area contributed by atoms with E-state index in [2.05, 4.69) is 13.2 Å². The van der Waals surface area contributed by atoms with Crippen LogP contribution in [0, 0.1) is 0 Å². The van der Waals surface area contributed by atoms with Crippen LogP contribution in [0.15, 0.2) is 47.8 Å². The number of allylic oxidation sites excluding steroid dienone is 6. The zero-order valence-corrected chi connectivity index (χ0v) is 8.98. The first-order valence-corrected chi connectivity index (χ1v) is 4.25. The summed E-state index contributed by atoms with van der Waals surface area (Å²) in [5.74, 6) is 0.913. The second-order valence-electron chi connectivity index (χ2n) is 2.98. The van der Waals surface area contributed by atoms with Crippen LogP contribution in [0.4, 0.5) is 0 Å². The van der Waals surface area contributed by atoms with E-state index in [-0.39, 0.29) is 0 Å². The fourth-order valence-corrected chi connectivity index (χ4v) is 1.05. The lowest BCUT2D eigenvalue weighted by Crippen LogP contribution is -1.92. The lowest BCUT2D eigenvalue weighted by molar-refractivity contribution is 0.290. The van der Waals surface area contributed by atoms with Crippen molar-refractivity contribution in [2.24, 2.45) is 0 Å². The molecule has 0 heterocycles. The molecule has 0 bridgehead atoms. The van der Waals surface area contributed by atoms with Crippen molar-refractivity contribution < 1.29 is 4.74 Å². The Labute approximate surface area is 81.1 Å². The number of rotatable bonds is 4. The molecule has 0 aromatic rings. The molecule has 1 nitrogen and oxygen atoms in total. The van der Waals surface area contributed by atoms with Crippen LogP contribution in [-0.4, -0.2) is 7.11 Å². The van der Waals surface area contributed by atoms with E-state index in [1.807, 2.05) is 26.8 Å². The maximum atomic E-state index is 5.15. The summed E-state index contributed by atoms with van der Waals surface area (Å²) in [5, 5.41) is 0. The molecule has 0 amide bonds. The van der Waals surface area contributed by atoms with Gasteiger partial charge in [0.1, 0.15) is 0 Å². The van der Waals surface area contributed by atoms with Crippen molar-refractivity contribution in [3.05, 3.63) is 47.8 Å². The summed E-state index contributed by atoms with van der Waals surface area (Å²) in [4.78, 5) is 0. The van der Waals surface area contributed by atoms with Gasteiger partial charge >= 0.3 is 0 Å². The van der Waals surface area contributed by atoms with E-state index >= 15 is 0 Å². The molecule has 72 valence electrons. The summed E-state index contributed by atoms with van der Waals surface area (Å²) in [7, 11) is 1.67. The van der Waals surface area contributed by atoms with Gasteiger partial charge in [-0.25, -0.2) is 0 Å². The fourth-order valence-electron chi connectivity index (χ4n) is 1.05. The highest BCUT2D eigenvalue weighted by molar-refractivity contribution is 5.45. The van der Waals surface area contributed by atoms with Crippen LogP contribution in [0.25, 0.3) is 0 Å². The minimum atomic E-state index is 0.913. The Balaban J connectivity index is 5.09. The molecule has 13 heavy (non-hydrogen) atoms. The fraction of sp³-hybridized carbons (Fsp3) is 0.333. The average Bonchev–Trinajstić information content (AvgIpc) is 2.11. The van der Waals surface area contributed by atoms with E-state index in [1.54, 1.807) is 13.2 Å². The molecular formula is C12H18O. The van der Waals surface area contributed by atoms with Crippen LogP contribution in [0.1, 0.15) is 20.8 Å². The molecular weight excluding hydrogens is 160 g/mol. The molecule has 0 saturated carbocycles. The number of hydrogen-bond donors (Lipinski definition) is 0. The molecule has 0 aliphatic carbocycles. The molecule has 0 aliphatic rings. The summed E-state index contributed by atoms with van der Waals surface area (Å²) in [5.41, 5.74) is 3.22. The zero-order chi connectivity index (χ0) is 10.4. The lowest BCUT2D eigenvalue weighted by Gasteiger charge is -2.10. The van der Waals surface area contributed by atoms with E-state index in [9.17, 15) is 0 Å². The first-order valence-electron chi connectivity index (χ1n) is 4.25. The Morgan fingerprint density at radius 3 is 2.08 bits per heavy atom. The van der Waals surface area contributed by atoms with E-state index < -0.39 is 0 Å². The molecule has 0 aromatic heterocycles. The normalized spacial score (nSPS) is 13.4. The standard InChI is InChI=1S/C12H18O/c1-7-8-12(9(2)3)10(4)11(5)13-6/h7-8H,1-2H2,3-6H3/b11-10+,12-8+. The first-order chi connectivity index (χ1) is 6.04. The average molecular weight is 178 g/mol. The van der Waals surface area contributed by atoms with E-state index in [0.29, 0.717) is 0 Å². The van der Waals surface area contributed by atoms with Gasteiger partial charge in [0.15, 0.2) is 0 Å². The summed E-state index contributed by atoms with van der Waals surface area (Å²) >= 11 is 0. The molecule has 1 heteroatoms.